The number of nitriles is 1. The summed E-state index contributed by atoms with van der Waals surface area (Å²) in [7, 11) is -1.12. The van der Waals surface area contributed by atoms with Crippen LogP contribution < -0.4 is 10.1 Å². The molecule has 0 aliphatic heterocycles. The monoisotopic (exact) mass is 393 g/mol. The average Bonchev–Trinajstić information content (AvgIpc) is 2.61. The standard InChI is InChI=1S/C17H16ClN3O4S/c1-21(26(23,24)14-6-4-13(18)5-7-14)11-17(22)20-15-9-12(10-19)3-8-16(15)25-2/h3-9H,11H2,1-2H3,(H,20,22). The SMILES string of the molecule is COc1ccc(C#N)cc1NC(=O)CN(C)S(=O)(=O)c1ccc(Cl)cc1. The van der Waals surface area contributed by atoms with Crippen molar-refractivity contribution in [2.24, 2.45) is 0 Å². The van der Waals surface area contributed by atoms with Crippen LogP contribution in [0.3, 0.4) is 0 Å². The van der Waals surface area contributed by atoms with E-state index in [4.69, 9.17) is 21.6 Å². The number of halogens is 1. The maximum absolute atomic E-state index is 12.5. The first kappa shape index (κ1) is 19.7. The lowest BCUT2D eigenvalue weighted by Crippen LogP contribution is -2.35. The highest BCUT2D eigenvalue weighted by atomic mass is 35.5. The number of rotatable bonds is 6. The Morgan fingerprint density at radius 1 is 1.27 bits per heavy atom. The number of methoxy groups -OCH3 is 1. The Bertz CT molecular complexity index is 953. The van der Waals surface area contributed by atoms with Crippen LogP contribution in [-0.4, -0.2) is 39.3 Å². The van der Waals surface area contributed by atoms with Gasteiger partial charge < -0.3 is 10.1 Å². The highest BCUT2D eigenvalue weighted by Crippen LogP contribution is 2.25. The normalized spacial score (nSPS) is 11.0. The lowest BCUT2D eigenvalue weighted by atomic mass is 10.2. The zero-order valence-electron chi connectivity index (χ0n) is 14.1. The van der Waals surface area contributed by atoms with Gasteiger partial charge >= 0.3 is 0 Å². The molecule has 2 aromatic rings. The summed E-state index contributed by atoms with van der Waals surface area (Å²) in [4.78, 5) is 12.3. The molecule has 0 saturated carbocycles. The Kier molecular flexibility index (Phi) is 6.21. The molecule has 9 heteroatoms. The maximum Gasteiger partial charge on any atom is 0.243 e. The third kappa shape index (κ3) is 4.52. The predicted molar refractivity (Wildman–Crippen MR) is 97.6 cm³/mol. The van der Waals surface area contributed by atoms with Crippen molar-refractivity contribution in [1.29, 1.82) is 5.26 Å². The number of hydrogen-bond donors (Lipinski definition) is 1. The van der Waals surface area contributed by atoms with Crippen LogP contribution in [0, 0.1) is 11.3 Å². The first-order valence-corrected chi connectivity index (χ1v) is 9.19. The molecule has 0 heterocycles. The number of benzene rings is 2. The Balaban J connectivity index is 2.15. The summed E-state index contributed by atoms with van der Waals surface area (Å²) in [6, 6.07) is 12.2. The molecule has 0 aromatic heterocycles. The number of carbonyl (C=O) groups is 1. The van der Waals surface area contributed by atoms with Crippen molar-refractivity contribution in [3.05, 3.63) is 53.1 Å². The van der Waals surface area contributed by atoms with Gasteiger partial charge in [-0.1, -0.05) is 11.6 Å². The molecule has 1 N–H and O–H groups in total. The molecule has 2 aromatic carbocycles. The number of ether oxygens (including phenoxy) is 1. The van der Waals surface area contributed by atoms with Crippen LogP contribution in [0.4, 0.5) is 5.69 Å². The molecule has 0 aliphatic rings. The Hall–Kier alpha value is -2.60. The molecule has 0 bridgehead atoms. The molecule has 26 heavy (non-hydrogen) atoms. The molecular weight excluding hydrogens is 378 g/mol. The first-order chi connectivity index (χ1) is 12.3. The summed E-state index contributed by atoms with van der Waals surface area (Å²) in [5.74, 6) is -0.209. The van der Waals surface area contributed by atoms with E-state index in [1.807, 2.05) is 6.07 Å². The number of nitrogens with zero attached hydrogens (tertiary/aromatic N) is 2. The molecule has 2 rings (SSSR count). The highest BCUT2D eigenvalue weighted by molar-refractivity contribution is 7.89. The second-order valence-corrected chi connectivity index (χ2v) is 7.77. The van der Waals surface area contributed by atoms with E-state index in [0.29, 0.717) is 16.3 Å². The van der Waals surface area contributed by atoms with Crippen molar-refractivity contribution >= 4 is 33.2 Å². The highest BCUT2D eigenvalue weighted by Gasteiger charge is 2.23. The smallest absolute Gasteiger partial charge is 0.243 e. The fraction of sp³-hybridized carbons (Fsp3) is 0.176. The van der Waals surface area contributed by atoms with Gasteiger partial charge in [-0.25, -0.2) is 8.42 Å². The van der Waals surface area contributed by atoms with Gasteiger partial charge in [0, 0.05) is 12.1 Å². The first-order valence-electron chi connectivity index (χ1n) is 7.38. The number of nitrogens with one attached hydrogen (secondary N) is 1. The maximum atomic E-state index is 12.5. The topological polar surface area (TPSA) is 99.5 Å². The third-order valence-corrected chi connectivity index (χ3v) is 5.56. The van der Waals surface area contributed by atoms with Crippen molar-refractivity contribution in [3.63, 3.8) is 0 Å². The molecular formula is C17H16ClN3O4S. The fourth-order valence-corrected chi connectivity index (χ4v) is 3.39. The van der Waals surface area contributed by atoms with Gasteiger partial charge in [-0.05, 0) is 42.5 Å². The van der Waals surface area contributed by atoms with Crippen LogP contribution >= 0.6 is 11.6 Å². The van der Waals surface area contributed by atoms with Gasteiger partial charge in [0.2, 0.25) is 15.9 Å². The van der Waals surface area contributed by atoms with Gasteiger partial charge in [0.15, 0.2) is 0 Å². The van der Waals surface area contributed by atoms with Crippen LogP contribution in [0.1, 0.15) is 5.56 Å². The predicted octanol–water partition coefficient (Wildman–Crippen LogP) is 2.48. The molecule has 0 saturated heterocycles. The van der Waals surface area contributed by atoms with Crippen molar-refractivity contribution < 1.29 is 17.9 Å². The van der Waals surface area contributed by atoms with Crippen LogP contribution in [0.25, 0.3) is 0 Å². The summed E-state index contributed by atoms with van der Waals surface area (Å²) >= 11 is 5.76. The quantitative estimate of drug-likeness (QED) is 0.812. The molecule has 0 radical (unpaired) electrons. The average molecular weight is 394 g/mol. The molecule has 0 fully saturated rings. The van der Waals surface area contributed by atoms with E-state index < -0.39 is 22.5 Å². The minimum absolute atomic E-state index is 0.0289. The molecule has 0 atom stereocenters. The number of likely N-dealkylation sites (N-methyl/N-ethyl adjacent to an activating group) is 1. The summed E-state index contributed by atoms with van der Waals surface area (Å²) in [6.45, 7) is -0.412. The van der Waals surface area contributed by atoms with E-state index >= 15 is 0 Å². The summed E-state index contributed by atoms with van der Waals surface area (Å²) in [6.07, 6.45) is 0. The fourth-order valence-electron chi connectivity index (χ4n) is 2.14. The van der Waals surface area contributed by atoms with Gasteiger partial charge in [-0.3, -0.25) is 4.79 Å². The largest absolute Gasteiger partial charge is 0.495 e. The van der Waals surface area contributed by atoms with E-state index in [1.54, 1.807) is 12.1 Å². The van der Waals surface area contributed by atoms with Gasteiger partial charge in [0.1, 0.15) is 5.75 Å². The molecule has 136 valence electrons. The summed E-state index contributed by atoms with van der Waals surface area (Å²) in [5.41, 5.74) is 0.622. The summed E-state index contributed by atoms with van der Waals surface area (Å²) in [5, 5.41) is 11.9. The number of carbonyl (C=O) groups excluding carboxylic acids is 1. The zero-order valence-corrected chi connectivity index (χ0v) is 15.6. The zero-order chi connectivity index (χ0) is 19.3. The summed E-state index contributed by atoms with van der Waals surface area (Å²) < 4.78 is 31.0. The van der Waals surface area contributed by atoms with Crippen molar-refractivity contribution in [3.8, 4) is 11.8 Å². The van der Waals surface area contributed by atoms with Crippen LogP contribution in [0.2, 0.25) is 5.02 Å². The minimum Gasteiger partial charge on any atom is -0.495 e. The van der Waals surface area contributed by atoms with Crippen LogP contribution in [-0.2, 0) is 14.8 Å². The second-order valence-electron chi connectivity index (χ2n) is 5.29. The van der Waals surface area contributed by atoms with Gasteiger partial charge in [0.25, 0.3) is 0 Å². The molecule has 0 aliphatic carbocycles. The Labute approximate surface area is 156 Å². The van der Waals surface area contributed by atoms with Crippen molar-refractivity contribution in [2.75, 3.05) is 26.0 Å². The van der Waals surface area contributed by atoms with Gasteiger partial charge in [-0.15, -0.1) is 0 Å². The van der Waals surface area contributed by atoms with E-state index in [-0.39, 0.29) is 10.6 Å². The van der Waals surface area contributed by atoms with Crippen molar-refractivity contribution in [1.82, 2.24) is 4.31 Å². The minimum atomic E-state index is -3.84. The number of anilines is 1. The second kappa shape index (κ2) is 8.19. The molecule has 0 unspecified atom stereocenters. The van der Waals surface area contributed by atoms with E-state index in [9.17, 15) is 13.2 Å². The lowest BCUT2D eigenvalue weighted by molar-refractivity contribution is -0.116. The van der Waals surface area contributed by atoms with E-state index in [2.05, 4.69) is 5.32 Å². The van der Waals surface area contributed by atoms with Gasteiger partial charge in [0.05, 0.1) is 35.9 Å². The van der Waals surface area contributed by atoms with E-state index in [1.165, 1.54) is 44.5 Å². The van der Waals surface area contributed by atoms with E-state index in [0.717, 1.165) is 4.31 Å². The molecule has 1 amide bonds. The molecule has 7 nitrogen and oxygen atoms in total. The van der Waals surface area contributed by atoms with Crippen LogP contribution in [0.15, 0.2) is 47.4 Å². The van der Waals surface area contributed by atoms with Crippen LogP contribution in [0.5, 0.6) is 5.75 Å². The number of amides is 1. The van der Waals surface area contributed by atoms with Gasteiger partial charge in [-0.2, -0.15) is 9.57 Å². The molecule has 0 spiro atoms. The Morgan fingerprint density at radius 3 is 2.50 bits per heavy atom. The number of sulfonamides is 1. The Morgan fingerprint density at radius 2 is 1.92 bits per heavy atom. The third-order valence-electron chi connectivity index (χ3n) is 3.49. The van der Waals surface area contributed by atoms with Crippen molar-refractivity contribution in [2.45, 2.75) is 4.90 Å². The lowest BCUT2D eigenvalue weighted by Gasteiger charge is -2.17. The number of hydrogen-bond acceptors (Lipinski definition) is 5.